The average molecular weight is 315 g/mol. The number of hydrogen-bond acceptors (Lipinski definition) is 3. The van der Waals surface area contributed by atoms with Crippen molar-refractivity contribution >= 4 is 21.1 Å². The Morgan fingerprint density at radius 3 is 2.59 bits per heavy atom. The lowest BCUT2D eigenvalue weighted by molar-refractivity contribution is 0.567. The fourth-order valence-corrected chi connectivity index (χ4v) is 3.65. The van der Waals surface area contributed by atoms with Gasteiger partial charge >= 0.3 is 0 Å². The summed E-state index contributed by atoms with van der Waals surface area (Å²) in [5.41, 5.74) is 2.48. The molecule has 1 N–H and O–H groups in total. The Labute approximate surface area is 129 Å². The monoisotopic (exact) mass is 315 g/mol. The van der Waals surface area contributed by atoms with E-state index >= 15 is 0 Å². The van der Waals surface area contributed by atoms with E-state index in [0.717, 1.165) is 11.1 Å². The van der Waals surface area contributed by atoms with Crippen molar-refractivity contribution in [2.24, 2.45) is 7.05 Å². The van der Waals surface area contributed by atoms with Crippen molar-refractivity contribution in [3.05, 3.63) is 60.4 Å². The summed E-state index contributed by atoms with van der Waals surface area (Å²) in [6.07, 6.45) is 1.67. The average Bonchev–Trinajstić information content (AvgIpc) is 2.89. The van der Waals surface area contributed by atoms with Gasteiger partial charge in [-0.2, -0.15) is 0 Å². The van der Waals surface area contributed by atoms with Crippen LogP contribution in [0.4, 0.5) is 0 Å². The summed E-state index contributed by atoms with van der Waals surface area (Å²) in [6.45, 7) is 1.83. The second kappa shape index (κ2) is 5.55. The van der Waals surface area contributed by atoms with Gasteiger partial charge in [0.2, 0.25) is 10.0 Å². The van der Waals surface area contributed by atoms with Crippen LogP contribution in [-0.4, -0.2) is 18.0 Å². The molecule has 2 aromatic carbocycles. The van der Waals surface area contributed by atoms with E-state index in [9.17, 15) is 8.42 Å². The standard InChI is InChI=1S/C16H17N3O2S/c1-12(13-6-4-3-5-7-13)18-22(20,21)14-8-9-16-15(10-14)17-11-19(16)2/h3-12,18H,1-2H3. The van der Waals surface area contributed by atoms with Gasteiger partial charge in [0, 0.05) is 13.1 Å². The molecule has 0 radical (unpaired) electrons. The van der Waals surface area contributed by atoms with E-state index < -0.39 is 10.0 Å². The van der Waals surface area contributed by atoms with Crippen LogP contribution >= 0.6 is 0 Å². The zero-order valence-electron chi connectivity index (χ0n) is 12.4. The molecule has 0 saturated heterocycles. The second-order valence-corrected chi connectivity index (χ2v) is 6.97. The molecule has 0 aliphatic heterocycles. The van der Waals surface area contributed by atoms with Crippen molar-refractivity contribution in [1.82, 2.24) is 14.3 Å². The van der Waals surface area contributed by atoms with E-state index in [-0.39, 0.29) is 10.9 Å². The molecule has 0 amide bonds. The van der Waals surface area contributed by atoms with Gasteiger partial charge in [-0.15, -0.1) is 0 Å². The van der Waals surface area contributed by atoms with Crippen LogP contribution in [0.25, 0.3) is 11.0 Å². The first-order chi connectivity index (χ1) is 10.5. The normalized spacial score (nSPS) is 13.4. The smallest absolute Gasteiger partial charge is 0.241 e. The quantitative estimate of drug-likeness (QED) is 0.805. The lowest BCUT2D eigenvalue weighted by atomic mass is 10.1. The minimum Gasteiger partial charge on any atom is -0.334 e. The number of benzene rings is 2. The van der Waals surface area contributed by atoms with E-state index in [2.05, 4.69) is 9.71 Å². The van der Waals surface area contributed by atoms with Gasteiger partial charge in [-0.3, -0.25) is 0 Å². The maximum absolute atomic E-state index is 12.5. The molecule has 1 heterocycles. The SMILES string of the molecule is CC(NS(=O)(=O)c1ccc2c(c1)ncn2C)c1ccccc1. The van der Waals surface area contributed by atoms with Gasteiger partial charge in [-0.1, -0.05) is 30.3 Å². The zero-order chi connectivity index (χ0) is 15.7. The van der Waals surface area contributed by atoms with Gasteiger partial charge in [0.15, 0.2) is 0 Å². The highest BCUT2D eigenvalue weighted by atomic mass is 32.2. The first-order valence-electron chi connectivity index (χ1n) is 6.96. The maximum Gasteiger partial charge on any atom is 0.241 e. The fraction of sp³-hybridized carbons (Fsp3) is 0.188. The molecule has 0 bridgehead atoms. The number of sulfonamides is 1. The Hall–Kier alpha value is -2.18. The summed E-state index contributed by atoms with van der Waals surface area (Å²) in [4.78, 5) is 4.42. The van der Waals surface area contributed by atoms with Crippen LogP contribution in [0, 0.1) is 0 Å². The number of aryl methyl sites for hydroxylation is 1. The molecule has 0 spiro atoms. The van der Waals surface area contributed by atoms with E-state index in [1.54, 1.807) is 24.5 Å². The number of imidazole rings is 1. The van der Waals surface area contributed by atoms with E-state index in [1.165, 1.54) is 0 Å². The number of hydrogen-bond donors (Lipinski definition) is 1. The molecular formula is C16H17N3O2S. The molecule has 1 unspecified atom stereocenters. The Morgan fingerprint density at radius 2 is 1.86 bits per heavy atom. The molecule has 0 aliphatic rings. The van der Waals surface area contributed by atoms with Crippen LogP contribution in [0.5, 0.6) is 0 Å². The second-order valence-electron chi connectivity index (χ2n) is 5.26. The molecule has 5 nitrogen and oxygen atoms in total. The van der Waals surface area contributed by atoms with Crippen molar-refractivity contribution in [3.63, 3.8) is 0 Å². The summed E-state index contributed by atoms with van der Waals surface area (Å²) < 4.78 is 29.6. The molecule has 3 rings (SSSR count). The summed E-state index contributed by atoms with van der Waals surface area (Å²) in [5.74, 6) is 0. The third kappa shape index (κ3) is 2.75. The Bertz CT molecular complexity index is 902. The number of aromatic nitrogens is 2. The van der Waals surface area contributed by atoms with E-state index in [4.69, 9.17) is 0 Å². The van der Waals surface area contributed by atoms with Crippen LogP contribution in [0.3, 0.4) is 0 Å². The van der Waals surface area contributed by atoms with Crippen LogP contribution in [0.2, 0.25) is 0 Å². The van der Waals surface area contributed by atoms with Gasteiger partial charge in [0.05, 0.1) is 22.3 Å². The van der Waals surface area contributed by atoms with Gasteiger partial charge in [-0.05, 0) is 30.7 Å². The summed E-state index contributed by atoms with van der Waals surface area (Å²) in [5, 5.41) is 0. The van der Waals surface area contributed by atoms with Crippen LogP contribution in [-0.2, 0) is 17.1 Å². The van der Waals surface area contributed by atoms with Crippen molar-refractivity contribution in [2.75, 3.05) is 0 Å². The van der Waals surface area contributed by atoms with Gasteiger partial charge < -0.3 is 4.57 Å². The highest BCUT2D eigenvalue weighted by Crippen LogP contribution is 2.20. The molecule has 0 aliphatic carbocycles. The third-order valence-corrected chi connectivity index (χ3v) is 5.18. The summed E-state index contributed by atoms with van der Waals surface area (Å²) >= 11 is 0. The largest absolute Gasteiger partial charge is 0.334 e. The van der Waals surface area contributed by atoms with Gasteiger partial charge in [0.1, 0.15) is 0 Å². The first kappa shape index (κ1) is 14.7. The third-order valence-electron chi connectivity index (χ3n) is 3.64. The van der Waals surface area contributed by atoms with Crippen LogP contribution < -0.4 is 4.72 Å². The Kier molecular flexibility index (Phi) is 3.72. The molecule has 1 aromatic heterocycles. The van der Waals surface area contributed by atoms with Gasteiger partial charge in [0.25, 0.3) is 0 Å². The highest BCUT2D eigenvalue weighted by molar-refractivity contribution is 7.89. The van der Waals surface area contributed by atoms with Crippen LogP contribution in [0.1, 0.15) is 18.5 Å². The molecule has 1 atom stereocenters. The summed E-state index contributed by atoms with van der Waals surface area (Å²) in [7, 11) is -1.71. The maximum atomic E-state index is 12.5. The Morgan fingerprint density at radius 1 is 1.14 bits per heavy atom. The minimum absolute atomic E-state index is 0.224. The number of nitrogens with one attached hydrogen (secondary N) is 1. The van der Waals surface area contributed by atoms with Crippen molar-refractivity contribution < 1.29 is 8.42 Å². The number of rotatable bonds is 4. The predicted octanol–water partition coefficient (Wildman–Crippen LogP) is 2.61. The van der Waals surface area contributed by atoms with Crippen molar-refractivity contribution in [2.45, 2.75) is 17.9 Å². The summed E-state index contributed by atoms with van der Waals surface area (Å²) in [6, 6.07) is 14.1. The first-order valence-corrected chi connectivity index (χ1v) is 8.44. The van der Waals surface area contributed by atoms with Crippen molar-refractivity contribution in [3.8, 4) is 0 Å². The number of fused-ring (bicyclic) bond motifs is 1. The van der Waals surface area contributed by atoms with Crippen LogP contribution in [0.15, 0.2) is 59.8 Å². The molecule has 22 heavy (non-hydrogen) atoms. The number of nitrogens with zero attached hydrogens (tertiary/aromatic N) is 2. The highest BCUT2D eigenvalue weighted by Gasteiger charge is 2.19. The minimum atomic E-state index is -3.59. The topological polar surface area (TPSA) is 64.0 Å². The molecular weight excluding hydrogens is 298 g/mol. The molecule has 0 saturated carbocycles. The predicted molar refractivity (Wildman–Crippen MR) is 85.9 cm³/mol. The van der Waals surface area contributed by atoms with Crippen molar-refractivity contribution in [1.29, 1.82) is 0 Å². The molecule has 3 aromatic rings. The van der Waals surface area contributed by atoms with E-state index in [0.29, 0.717) is 5.52 Å². The fourth-order valence-electron chi connectivity index (χ4n) is 2.39. The molecule has 114 valence electrons. The lowest BCUT2D eigenvalue weighted by Crippen LogP contribution is -2.26. The molecule has 6 heteroatoms. The van der Waals surface area contributed by atoms with Gasteiger partial charge in [-0.25, -0.2) is 18.1 Å². The molecule has 0 fully saturated rings. The zero-order valence-corrected chi connectivity index (χ0v) is 13.2. The van der Waals surface area contributed by atoms with E-state index in [1.807, 2.05) is 48.9 Å². The lowest BCUT2D eigenvalue weighted by Gasteiger charge is -2.14. The Balaban J connectivity index is 1.91.